The van der Waals surface area contributed by atoms with Gasteiger partial charge >= 0.3 is 5.97 Å². The van der Waals surface area contributed by atoms with Gasteiger partial charge in [-0.3, -0.25) is 4.79 Å². The fraction of sp³-hybridized carbons (Fsp3) is 0.962. The first-order chi connectivity index (χ1) is 14.7. The van der Waals surface area contributed by atoms with Crippen molar-refractivity contribution in [2.45, 2.75) is 142 Å². The zero-order valence-corrected chi connectivity index (χ0v) is 20.3. The van der Waals surface area contributed by atoms with Crippen LogP contribution in [0.2, 0.25) is 0 Å². The molecular weight excluding hydrogens is 376 g/mol. The third kappa shape index (κ3) is 22.1. The number of carbonyl (C=O) groups excluding carboxylic acids is 1. The van der Waals surface area contributed by atoms with Crippen molar-refractivity contribution in [1.82, 2.24) is 0 Å². The van der Waals surface area contributed by atoms with Crippen molar-refractivity contribution in [1.29, 1.82) is 0 Å². The molecular formula is C26H52O4. The highest BCUT2D eigenvalue weighted by Gasteiger charge is 2.12. The lowest BCUT2D eigenvalue weighted by molar-refractivity contribution is -0.154. The van der Waals surface area contributed by atoms with Gasteiger partial charge in [0.1, 0.15) is 6.10 Å². The maximum atomic E-state index is 11.4. The molecule has 0 saturated carbocycles. The maximum Gasteiger partial charge on any atom is 0.306 e. The average Bonchev–Trinajstić information content (AvgIpc) is 2.74. The van der Waals surface area contributed by atoms with Gasteiger partial charge in [0, 0.05) is 13.0 Å². The van der Waals surface area contributed by atoms with Crippen LogP contribution in [-0.2, 0) is 14.3 Å². The lowest BCUT2D eigenvalue weighted by atomic mass is 10.0. The molecule has 180 valence electrons. The standard InChI is InChI=1S/C26H52O4/c1-3-5-6-7-8-9-10-11-12-13-14-15-16-17-18-19-20-22-29-24-25(23-27)30-26(28)21-4-2/h25,27H,3-24H2,1-2H3. The van der Waals surface area contributed by atoms with Crippen LogP contribution in [0, 0.1) is 0 Å². The van der Waals surface area contributed by atoms with E-state index in [1.165, 1.54) is 103 Å². The lowest BCUT2D eigenvalue weighted by Gasteiger charge is -2.15. The van der Waals surface area contributed by atoms with Gasteiger partial charge in [-0.2, -0.15) is 0 Å². The molecule has 0 aromatic carbocycles. The smallest absolute Gasteiger partial charge is 0.306 e. The molecule has 0 bridgehead atoms. The SMILES string of the molecule is CCCCCCCCCCCCCCCCCCCOCC(CO)OC(=O)CCC. The Morgan fingerprint density at radius 1 is 0.667 bits per heavy atom. The number of rotatable bonds is 24. The van der Waals surface area contributed by atoms with Crippen LogP contribution in [0.5, 0.6) is 0 Å². The first-order valence-electron chi connectivity index (χ1n) is 13.1. The molecule has 1 unspecified atom stereocenters. The van der Waals surface area contributed by atoms with E-state index in [9.17, 15) is 9.90 Å². The van der Waals surface area contributed by atoms with Crippen LogP contribution in [-0.4, -0.2) is 37.0 Å². The number of esters is 1. The van der Waals surface area contributed by atoms with E-state index in [1.54, 1.807) is 0 Å². The molecule has 0 aromatic rings. The van der Waals surface area contributed by atoms with Crippen LogP contribution in [0.3, 0.4) is 0 Å². The molecule has 0 fully saturated rings. The predicted molar refractivity (Wildman–Crippen MR) is 127 cm³/mol. The zero-order valence-electron chi connectivity index (χ0n) is 20.3. The van der Waals surface area contributed by atoms with Crippen LogP contribution in [0.4, 0.5) is 0 Å². The molecule has 0 rings (SSSR count). The van der Waals surface area contributed by atoms with E-state index in [4.69, 9.17) is 9.47 Å². The molecule has 0 amide bonds. The first kappa shape index (κ1) is 29.4. The van der Waals surface area contributed by atoms with E-state index in [1.807, 2.05) is 6.92 Å². The minimum absolute atomic E-state index is 0.172. The summed E-state index contributed by atoms with van der Waals surface area (Å²) in [6.45, 7) is 5.02. The molecule has 0 aliphatic rings. The van der Waals surface area contributed by atoms with Crippen molar-refractivity contribution in [3.05, 3.63) is 0 Å². The number of aliphatic hydroxyl groups is 1. The van der Waals surface area contributed by atoms with Gasteiger partial charge in [-0.25, -0.2) is 0 Å². The van der Waals surface area contributed by atoms with Crippen molar-refractivity contribution in [2.75, 3.05) is 19.8 Å². The summed E-state index contributed by atoms with van der Waals surface area (Å²) in [7, 11) is 0. The van der Waals surface area contributed by atoms with E-state index in [2.05, 4.69) is 6.92 Å². The summed E-state index contributed by atoms with van der Waals surface area (Å²) in [5.74, 6) is -0.252. The highest BCUT2D eigenvalue weighted by molar-refractivity contribution is 5.69. The molecule has 0 radical (unpaired) electrons. The number of unbranched alkanes of at least 4 members (excludes halogenated alkanes) is 16. The average molecular weight is 429 g/mol. The Bertz CT molecular complexity index is 346. The minimum Gasteiger partial charge on any atom is -0.457 e. The Morgan fingerprint density at radius 3 is 1.50 bits per heavy atom. The number of carbonyl (C=O) groups is 1. The largest absolute Gasteiger partial charge is 0.457 e. The minimum atomic E-state index is -0.519. The van der Waals surface area contributed by atoms with Gasteiger partial charge in [0.05, 0.1) is 13.2 Å². The highest BCUT2D eigenvalue weighted by Crippen LogP contribution is 2.14. The second kappa shape index (κ2) is 24.7. The molecule has 1 atom stereocenters. The van der Waals surface area contributed by atoms with Gasteiger partial charge in [-0.15, -0.1) is 0 Å². The van der Waals surface area contributed by atoms with Gasteiger partial charge in [-0.1, -0.05) is 117 Å². The fourth-order valence-electron chi connectivity index (χ4n) is 3.72. The third-order valence-corrected chi connectivity index (χ3v) is 5.65. The summed E-state index contributed by atoms with van der Waals surface area (Å²) >= 11 is 0. The molecule has 30 heavy (non-hydrogen) atoms. The lowest BCUT2D eigenvalue weighted by Crippen LogP contribution is -2.27. The zero-order chi connectivity index (χ0) is 22.1. The molecule has 4 heteroatoms. The molecule has 0 aromatic heterocycles. The molecule has 0 saturated heterocycles. The van der Waals surface area contributed by atoms with Crippen LogP contribution < -0.4 is 0 Å². The Kier molecular flexibility index (Phi) is 24.2. The number of hydrogen-bond donors (Lipinski definition) is 1. The van der Waals surface area contributed by atoms with Crippen molar-refractivity contribution in [3.63, 3.8) is 0 Å². The van der Waals surface area contributed by atoms with Gasteiger partial charge in [0.15, 0.2) is 0 Å². The fourth-order valence-corrected chi connectivity index (χ4v) is 3.72. The second-order valence-electron chi connectivity index (χ2n) is 8.78. The molecule has 0 aliphatic carbocycles. The van der Waals surface area contributed by atoms with Gasteiger partial charge in [0.25, 0.3) is 0 Å². The summed E-state index contributed by atoms with van der Waals surface area (Å²) in [5, 5.41) is 9.24. The van der Waals surface area contributed by atoms with E-state index in [-0.39, 0.29) is 12.6 Å². The highest BCUT2D eigenvalue weighted by atomic mass is 16.6. The van der Waals surface area contributed by atoms with Crippen LogP contribution in [0.25, 0.3) is 0 Å². The number of aliphatic hydroxyl groups excluding tert-OH is 1. The number of hydrogen-bond acceptors (Lipinski definition) is 4. The van der Waals surface area contributed by atoms with Crippen molar-refractivity contribution in [2.24, 2.45) is 0 Å². The Hall–Kier alpha value is -0.610. The normalized spacial score (nSPS) is 12.2. The molecule has 0 heterocycles. The van der Waals surface area contributed by atoms with Crippen molar-refractivity contribution >= 4 is 5.97 Å². The summed E-state index contributed by atoms with van der Waals surface area (Å²) in [5.41, 5.74) is 0. The van der Waals surface area contributed by atoms with Crippen molar-refractivity contribution in [3.8, 4) is 0 Å². The first-order valence-corrected chi connectivity index (χ1v) is 13.1. The van der Waals surface area contributed by atoms with Crippen molar-refractivity contribution < 1.29 is 19.4 Å². The Labute approximate surface area is 187 Å². The van der Waals surface area contributed by atoms with E-state index in [0.717, 1.165) is 12.8 Å². The summed E-state index contributed by atoms with van der Waals surface area (Å²) in [4.78, 5) is 11.4. The summed E-state index contributed by atoms with van der Waals surface area (Å²) < 4.78 is 10.7. The van der Waals surface area contributed by atoms with Crippen LogP contribution in [0.1, 0.15) is 136 Å². The van der Waals surface area contributed by atoms with Crippen LogP contribution in [0.15, 0.2) is 0 Å². The van der Waals surface area contributed by atoms with Crippen LogP contribution >= 0.6 is 0 Å². The summed E-state index contributed by atoms with van der Waals surface area (Å²) in [6, 6.07) is 0. The van der Waals surface area contributed by atoms with Gasteiger partial charge in [0.2, 0.25) is 0 Å². The molecule has 0 aliphatic heterocycles. The van der Waals surface area contributed by atoms with E-state index >= 15 is 0 Å². The number of ether oxygens (including phenoxy) is 2. The quantitative estimate of drug-likeness (QED) is 0.129. The summed E-state index contributed by atoms with van der Waals surface area (Å²) in [6.07, 6.45) is 23.9. The Morgan fingerprint density at radius 2 is 1.10 bits per heavy atom. The maximum absolute atomic E-state index is 11.4. The van der Waals surface area contributed by atoms with E-state index < -0.39 is 6.10 Å². The van der Waals surface area contributed by atoms with Gasteiger partial charge < -0.3 is 14.6 Å². The molecule has 4 nitrogen and oxygen atoms in total. The second-order valence-corrected chi connectivity index (χ2v) is 8.78. The topological polar surface area (TPSA) is 55.8 Å². The monoisotopic (exact) mass is 428 g/mol. The van der Waals surface area contributed by atoms with E-state index in [0.29, 0.717) is 19.6 Å². The third-order valence-electron chi connectivity index (χ3n) is 5.65. The molecule has 1 N–H and O–H groups in total. The van der Waals surface area contributed by atoms with Gasteiger partial charge in [-0.05, 0) is 12.8 Å². The molecule has 0 spiro atoms. The predicted octanol–water partition coefficient (Wildman–Crippen LogP) is 7.36. The Balaban J connectivity index is 3.21.